The van der Waals surface area contributed by atoms with E-state index in [1.165, 1.54) is 11.3 Å². The first-order valence-corrected chi connectivity index (χ1v) is 6.68. The summed E-state index contributed by atoms with van der Waals surface area (Å²) in [7, 11) is 0. The minimum absolute atomic E-state index is 0.186. The van der Waals surface area contributed by atoms with Gasteiger partial charge < -0.3 is 9.80 Å². The number of rotatable bonds is 2. The molecule has 0 atom stereocenters. The standard InChI is InChI=1S/C15H22N2O/c1-12(2)14-5-4-6-15(11-14)17-9-7-16(8-10-17)13(3)18/h4-6,11-12H,7-10H2,1-3H3. The van der Waals surface area contributed by atoms with Gasteiger partial charge in [0.25, 0.3) is 0 Å². The number of anilines is 1. The van der Waals surface area contributed by atoms with Crippen LogP contribution in [0.4, 0.5) is 5.69 Å². The van der Waals surface area contributed by atoms with E-state index in [1.807, 2.05) is 4.90 Å². The summed E-state index contributed by atoms with van der Waals surface area (Å²) in [6.45, 7) is 9.61. The molecule has 0 aromatic heterocycles. The van der Waals surface area contributed by atoms with E-state index in [9.17, 15) is 4.79 Å². The zero-order valence-corrected chi connectivity index (χ0v) is 11.5. The van der Waals surface area contributed by atoms with Crippen molar-refractivity contribution in [1.29, 1.82) is 0 Å². The number of piperazine rings is 1. The first-order valence-electron chi connectivity index (χ1n) is 6.68. The Bertz CT molecular complexity index is 420. The van der Waals surface area contributed by atoms with E-state index in [1.54, 1.807) is 6.92 Å². The Morgan fingerprint density at radius 2 is 1.83 bits per heavy atom. The van der Waals surface area contributed by atoms with E-state index in [2.05, 4.69) is 43.0 Å². The highest BCUT2D eigenvalue weighted by atomic mass is 16.2. The van der Waals surface area contributed by atoms with Gasteiger partial charge in [-0.25, -0.2) is 0 Å². The van der Waals surface area contributed by atoms with Crippen LogP contribution in [0.2, 0.25) is 0 Å². The maximum Gasteiger partial charge on any atom is 0.219 e. The smallest absolute Gasteiger partial charge is 0.219 e. The van der Waals surface area contributed by atoms with Crippen LogP contribution in [-0.2, 0) is 4.79 Å². The summed E-state index contributed by atoms with van der Waals surface area (Å²) >= 11 is 0. The van der Waals surface area contributed by atoms with Crippen molar-refractivity contribution in [3.63, 3.8) is 0 Å². The van der Waals surface area contributed by atoms with Gasteiger partial charge in [0.1, 0.15) is 0 Å². The van der Waals surface area contributed by atoms with Gasteiger partial charge in [-0.15, -0.1) is 0 Å². The van der Waals surface area contributed by atoms with Crippen LogP contribution in [0.3, 0.4) is 0 Å². The van der Waals surface area contributed by atoms with Crippen LogP contribution < -0.4 is 4.90 Å². The molecule has 1 aromatic carbocycles. The molecule has 0 saturated carbocycles. The van der Waals surface area contributed by atoms with Gasteiger partial charge >= 0.3 is 0 Å². The zero-order chi connectivity index (χ0) is 13.1. The highest BCUT2D eigenvalue weighted by molar-refractivity contribution is 5.73. The highest BCUT2D eigenvalue weighted by Gasteiger charge is 2.18. The monoisotopic (exact) mass is 246 g/mol. The Labute approximate surface area is 109 Å². The molecule has 1 heterocycles. The quantitative estimate of drug-likeness (QED) is 0.800. The molecule has 98 valence electrons. The molecule has 3 heteroatoms. The summed E-state index contributed by atoms with van der Waals surface area (Å²) < 4.78 is 0. The van der Waals surface area contributed by atoms with E-state index >= 15 is 0 Å². The SMILES string of the molecule is CC(=O)N1CCN(c2cccc(C(C)C)c2)CC1. The van der Waals surface area contributed by atoms with Crippen molar-refractivity contribution in [2.45, 2.75) is 26.7 Å². The minimum Gasteiger partial charge on any atom is -0.368 e. The van der Waals surface area contributed by atoms with Gasteiger partial charge in [0.15, 0.2) is 0 Å². The lowest BCUT2D eigenvalue weighted by Gasteiger charge is -2.35. The van der Waals surface area contributed by atoms with Gasteiger partial charge in [-0.1, -0.05) is 26.0 Å². The number of benzene rings is 1. The fraction of sp³-hybridized carbons (Fsp3) is 0.533. The van der Waals surface area contributed by atoms with Crippen molar-refractivity contribution in [3.05, 3.63) is 29.8 Å². The van der Waals surface area contributed by atoms with Gasteiger partial charge in [0.2, 0.25) is 5.91 Å². The molecule has 0 N–H and O–H groups in total. The zero-order valence-electron chi connectivity index (χ0n) is 11.5. The average Bonchev–Trinajstić information content (AvgIpc) is 2.39. The summed E-state index contributed by atoms with van der Waals surface area (Å²) in [6.07, 6.45) is 0. The van der Waals surface area contributed by atoms with Gasteiger partial charge in [0.05, 0.1) is 0 Å². The van der Waals surface area contributed by atoms with Crippen LogP contribution >= 0.6 is 0 Å². The molecule has 3 nitrogen and oxygen atoms in total. The molecule has 1 aromatic rings. The fourth-order valence-corrected chi connectivity index (χ4v) is 2.36. The Morgan fingerprint density at radius 1 is 1.17 bits per heavy atom. The molecule has 0 aliphatic carbocycles. The second kappa shape index (κ2) is 5.42. The summed E-state index contributed by atoms with van der Waals surface area (Å²) in [6, 6.07) is 8.74. The van der Waals surface area contributed by atoms with E-state index in [0.717, 1.165) is 26.2 Å². The van der Waals surface area contributed by atoms with Crippen LogP contribution in [-0.4, -0.2) is 37.0 Å². The lowest BCUT2D eigenvalue weighted by atomic mass is 10.0. The lowest BCUT2D eigenvalue weighted by Crippen LogP contribution is -2.48. The van der Waals surface area contributed by atoms with Crippen molar-refractivity contribution < 1.29 is 4.79 Å². The molecule has 1 aliphatic rings. The highest BCUT2D eigenvalue weighted by Crippen LogP contribution is 2.22. The molecule has 0 unspecified atom stereocenters. The van der Waals surface area contributed by atoms with E-state index in [0.29, 0.717) is 5.92 Å². The third kappa shape index (κ3) is 2.84. The van der Waals surface area contributed by atoms with Crippen molar-refractivity contribution in [1.82, 2.24) is 4.90 Å². The summed E-state index contributed by atoms with van der Waals surface area (Å²) in [4.78, 5) is 15.6. The second-order valence-corrected chi connectivity index (χ2v) is 5.24. The molecule has 1 aliphatic heterocycles. The largest absolute Gasteiger partial charge is 0.368 e. The molecule has 0 spiro atoms. The third-order valence-electron chi connectivity index (χ3n) is 3.63. The lowest BCUT2D eigenvalue weighted by molar-refractivity contribution is -0.129. The van der Waals surface area contributed by atoms with Crippen molar-refractivity contribution in [3.8, 4) is 0 Å². The number of nitrogens with zero attached hydrogens (tertiary/aromatic N) is 2. The van der Waals surface area contributed by atoms with Crippen molar-refractivity contribution in [2.24, 2.45) is 0 Å². The molecular weight excluding hydrogens is 224 g/mol. The summed E-state index contributed by atoms with van der Waals surface area (Å²) in [5.41, 5.74) is 2.66. The van der Waals surface area contributed by atoms with Gasteiger partial charge in [-0.2, -0.15) is 0 Å². The normalized spacial score (nSPS) is 16.2. The maximum atomic E-state index is 11.3. The van der Waals surface area contributed by atoms with Crippen LogP contribution in [0.1, 0.15) is 32.3 Å². The molecular formula is C15H22N2O. The Hall–Kier alpha value is -1.51. The Balaban J connectivity index is 2.05. The van der Waals surface area contributed by atoms with Gasteiger partial charge in [-0.3, -0.25) is 4.79 Å². The third-order valence-corrected chi connectivity index (χ3v) is 3.63. The average molecular weight is 246 g/mol. The van der Waals surface area contributed by atoms with Crippen molar-refractivity contribution >= 4 is 11.6 Å². The number of carbonyl (C=O) groups excluding carboxylic acids is 1. The Kier molecular flexibility index (Phi) is 3.90. The van der Waals surface area contributed by atoms with E-state index in [4.69, 9.17) is 0 Å². The predicted molar refractivity (Wildman–Crippen MR) is 75.0 cm³/mol. The number of hydrogen-bond acceptors (Lipinski definition) is 2. The summed E-state index contributed by atoms with van der Waals surface area (Å²) in [5, 5.41) is 0. The number of carbonyl (C=O) groups is 1. The molecule has 2 rings (SSSR count). The molecule has 1 saturated heterocycles. The van der Waals surface area contributed by atoms with Crippen LogP contribution in [0.25, 0.3) is 0 Å². The molecule has 1 amide bonds. The first kappa shape index (κ1) is 12.9. The fourth-order valence-electron chi connectivity index (χ4n) is 2.36. The predicted octanol–water partition coefficient (Wildman–Crippen LogP) is 2.48. The van der Waals surface area contributed by atoms with Crippen LogP contribution in [0, 0.1) is 0 Å². The van der Waals surface area contributed by atoms with Gasteiger partial charge in [-0.05, 0) is 23.6 Å². The number of hydrogen-bond donors (Lipinski definition) is 0. The van der Waals surface area contributed by atoms with Crippen molar-refractivity contribution in [2.75, 3.05) is 31.1 Å². The Morgan fingerprint density at radius 3 is 2.39 bits per heavy atom. The van der Waals surface area contributed by atoms with E-state index < -0.39 is 0 Å². The van der Waals surface area contributed by atoms with E-state index in [-0.39, 0.29) is 5.91 Å². The first-order chi connectivity index (χ1) is 8.58. The minimum atomic E-state index is 0.186. The topological polar surface area (TPSA) is 23.6 Å². The van der Waals surface area contributed by atoms with Gasteiger partial charge in [0, 0.05) is 38.8 Å². The summed E-state index contributed by atoms with van der Waals surface area (Å²) in [5.74, 6) is 0.744. The number of amides is 1. The molecule has 0 bridgehead atoms. The molecule has 0 radical (unpaired) electrons. The maximum absolute atomic E-state index is 11.3. The van der Waals surface area contributed by atoms with Crippen LogP contribution in [0.15, 0.2) is 24.3 Å². The molecule has 1 fully saturated rings. The second-order valence-electron chi connectivity index (χ2n) is 5.24. The molecule has 18 heavy (non-hydrogen) atoms. The van der Waals surface area contributed by atoms with Crippen LogP contribution in [0.5, 0.6) is 0 Å².